The van der Waals surface area contributed by atoms with Crippen LogP contribution in [-0.2, 0) is 6.54 Å². The lowest BCUT2D eigenvalue weighted by atomic mass is 9.84. The van der Waals surface area contributed by atoms with Crippen LogP contribution in [0.25, 0.3) is 0 Å². The van der Waals surface area contributed by atoms with E-state index in [0.29, 0.717) is 17.6 Å². The van der Waals surface area contributed by atoms with Crippen LogP contribution in [0.15, 0.2) is 18.2 Å². The van der Waals surface area contributed by atoms with Gasteiger partial charge in [-0.3, -0.25) is 10.1 Å². The third-order valence-corrected chi connectivity index (χ3v) is 4.57. The van der Waals surface area contributed by atoms with Crippen LogP contribution in [0, 0.1) is 16.0 Å². The number of rotatable bonds is 5. The van der Waals surface area contributed by atoms with Gasteiger partial charge in [-0.2, -0.15) is 0 Å². The standard InChI is InChI=1S/C15H21ClN2O2/c1-11(12-5-3-2-4-6-12)17-10-13-7-8-14(18(19)20)9-15(13)16/h7-9,11-12,17H,2-6,10H2,1H3/t11-/m0/s1. The first-order chi connectivity index (χ1) is 9.58. The van der Waals surface area contributed by atoms with Gasteiger partial charge < -0.3 is 5.32 Å². The van der Waals surface area contributed by atoms with E-state index in [0.717, 1.165) is 11.5 Å². The van der Waals surface area contributed by atoms with E-state index in [2.05, 4.69) is 12.2 Å². The first-order valence-electron chi connectivity index (χ1n) is 7.24. The van der Waals surface area contributed by atoms with Gasteiger partial charge in [-0.15, -0.1) is 0 Å². The molecular formula is C15H21ClN2O2. The Balaban J connectivity index is 1.91. The molecule has 2 rings (SSSR count). The highest BCUT2D eigenvalue weighted by atomic mass is 35.5. The predicted octanol–water partition coefficient (Wildman–Crippen LogP) is 4.31. The molecule has 1 saturated carbocycles. The maximum absolute atomic E-state index is 10.7. The molecule has 1 atom stereocenters. The van der Waals surface area contributed by atoms with Crippen LogP contribution in [0.2, 0.25) is 5.02 Å². The Kier molecular flexibility index (Phi) is 5.38. The fraction of sp³-hybridized carbons (Fsp3) is 0.600. The lowest BCUT2D eigenvalue weighted by Gasteiger charge is -2.28. The number of non-ortho nitro benzene ring substituents is 1. The third-order valence-electron chi connectivity index (χ3n) is 4.22. The Morgan fingerprint density at radius 2 is 2.10 bits per heavy atom. The molecule has 5 heteroatoms. The molecule has 0 aromatic heterocycles. The Hall–Kier alpha value is -1.13. The number of nitro groups is 1. The zero-order valence-corrected chi connectivity index (χ0v) is 12.5. The van der Waals surface area contributed by atoms with Crippen molar-refractivity contribution < 1.29 is 4.92 Å². The number of hydrogen-bond acceptors (Lipinski definition) is 3. The SMILES string of the molecule is C[C@H](NCc1ccc([N+](=O)[O-])cc1Cl)C1CCCCC1. The maximum atomic E-state index is 10.7. The zero-order chi connectivity index (χ0) is 14.5. The van der Waals surface area contributed by atoms with Gasteiger partial charge in [0.05, 0.1) is 9.95 Å². The minimum atomic E-state index is -0.423. The molecule has 0 radical (unpaired) electrons. The number of halogens is 1. The molecule has 1 aromatic rings. The summed E-state index contributed by atoms with van der Waals surface area (Å²) in [6, 6.07) is 5.13. The Morgan fingerprint density at radius 3 is 2.70 bits per heavy atom. The summed E-state index contributed by atoms with van der Waals surface area (Å²) in [6.45, 7) is 2.88. The maximum Gasteiger partial charge on any atom is 0.270 e. The lowest BCUT2D eigenvalue weighted by Crippen LogP contribution is -2.34. The first kappa shape index (κ1) is 15.3. The van der Waals surface area contributed by atoms with Crippen molar-refractivity contribution in [1.82, 2.24) is 5.32 Å². The molecule has 0 saturated heterocycles. The van der Waals surface area contributed by atoms with Crippen LogP contribution in [0.4, 0.5) is 5.69 Å². The molecule has 4 nitrogen and oxygen atoms in total. The van der Waals surface area contributed by atoms with Gasteiger partial charge in [-0.25, -0.2) is 0 Å². The van der Waals surface area contributed by atoms with E-state index in [1.54, 1.807) is 6.07 Å². The summed E-state index contributed by atoms with van der Waals surface area (Å²) in [5.41, 5.74) is 0.957. The van der Waals surface area contributed by atoms with Crippen molar-refractivity contribution in [3.63, 3.8) is 0 Å². The number of nitrogens with one attached hydrogen (secondary N) is 1. The Morgan fingerprint density at radius 1 is 1.40 bits per heavy atom. The summed E-state index contributed by atoms with van der Waals surface area (Å²) in [4.78, 5) is 10.2. The molecule has 110 valence electrons. The van der Waals surface area contributed by atoms with Crippen LogP contribution in [0.1, 0.15) is 44.6 Å². The molecule has 1 fully saturated rings. The van der Waals surface area contributed by atoms with Gasteiger partial charge in [-0.05, 0) is 37.3 Å². The number of nitrogens with zero attached hydrogens (tertiary/aromatic N) is 1. The smallest absolute Gasteiger partial charge is 0.270 e. The third kappa shape index (κ3) is 3.93. The summed E-state index contributed by atoms with van der Waals surface area (Å²) >= 11 is 6.10. The van der Waals surface area contributed by atoms with Gasteiger partial charge in [0.1, 0.15) is 0 Å². The van der Waals surface area contributed by atoms with Crippen molar-refractivity contribution in [1.29, 1.82) is 0 Å². The molecule has 0 heterocycles. The van der Waals surface area contributed by atoms with Crippen LogP contribution in [-0.4, -0.2) is 11.0 Å². The monoisotopic (exact) mass is 296 g/mol. The molecule has 0 aliphatic heterocycles. The van der Waals surface area contributed by atoms with Crippen LogP contribution >= 0.6 is 11.6 Å². The van der Waals surface area contributed by atoms with E-state index in [4.69, 9.17) is 11.6 Å². The molecule has 1 N–H and O–H groups in total. The van der Waals surface area contributed by atoms with Crippen molar-refractivity contribution in [2.45, 2.75) is 51.6 Å². The van der Waals surface area contributed by atoms with E-state index in [-0.39, 0.29) is 5.69 Å². The van der Waals surface area contributed by atoms with Crippen molar-refractivity contribution in [2.24, 2.45) is 5.92 Å². The van der Waals surface area contributed by atoms with Crippen molar-refractivity contribution in [3.8, 4) is 0 Å². The van der Waals surface area contributed by atoms with E-state index in [9.17, 15) is 10.1 Å². The highest BCUT2D eigenvalue weighted by Crippen LogP contribution is 2.27. The molecule has 0 spiro atoms. The summed E-state index contributed by atoms with van der Waals surface area (Å²) in [6.07, 6.45) is 6.60. The van der Waals surface area contributed by atoms with Crippen molar-refractivity contribution >= 4 is 17.3 Å². The van der Waals surface area contributed by atoms with Crippen molar-refractivity contribution in [3.05, 3.63) is 38.9 Å². The Labute approximate surface area is 124 Å². The molecule has 0 bridgehead atoms. The molecule has 0 amide bonds. The molecule has 1 aromatic carbocycles. The number of benzene rings is 1. The van der Waals surface area contributed by atoms with E-state index in [1.165, 1.54) is 44.2 Å². The second-order valence-corrected chi connectivity index (χ2v) is 6.01. The van der Waals surface area contributed by atoms with Gasteiger partial charge in [0, 0.05) is 24.7 Å². The van der Waals surface area contributed by atoms with Gasteiger partial charge in [0.25, 0.3) is 5.69 Å². The number of hydrogen-bond donors (Lipinski definition) is 1. The van der Waals surface area contributed by atoms with Crippen LogP contribution in [0.5, 0.6) is 0 Å². The highest BCUT2D eigenvalue weighted by Gasteiger charge is 2.19. The van der Waals surface area contributed by atoms with Gasteiger partial charge in [0.15, 0.2) is 0 Å². The fourth-order valence-corrected chi connectivity index (χ4v) is 3.11. The van der Waals surface area contributed by atoms with Crippen molar-refractivity contribution in [2.75, 3.05) is 0 Å². The van der Waals surface area contributed by atoms with Crippen LogP contribution in [0.3, 0.4) is 0 Å². The molecule has 1 aliphatic carbocycles. The predicted molar refractivity (Wildman–Crippen MR) is 81.0 cm³/mol. The second kappa shape index (κ2) is 7.04. The van der Waals surface area contributed by atoms with E-state index < -0.39 is 4.92 Å². The minimum absolute atomic E-state index is 0.0408. The molecule has 20 heavy (non-hydrogen) atoms. The summed E-state index contributed by atoms with van der Waals surface area (Å²) < 4.78 is 0. The van der Waals surface area contributed by atoms with E-state index in [1.807, 2.05) is 0 Å². The second-order valence-electron chi connectivity index (χ2n) is 5.60. The fourth-order valence-electron chi connectivity index (χ4n) is 2.86. The Bertz CT molecular complexity index is 473. The van der Waals surface area contributed by atoms with E-state index >= 15 is 0 Å². The largest absolute Gasteiger partial charge is 0.310 e. The van der Waals surface area contributed by atoms with Gasteiger partial charge >= 0.3 is 0 Å². The van der Waals surface area contributed by atoms with Crippen LogP contribution < -0.4 is 5.32 Å². The van der Waals surface area contributed by atoms with Gasteiger partial charge in [0.2, 0.25) is 0 Å². The summed E-state index contributed by atoms with van der Waals surface area (Å²) in [5.74, 6) is 0.737. The quantitative estimate of drug-likeness (QED) is 0.651. The summed E-state index contributed by atoms with van der Waals surface area (Å²) in [5, 5.41) is 14.6. The lowest BCUT2D eigenvalue weighted by molar-refractivity contribution is -0.384. The first-order valence-corrected chi connectivity index (χ1v) is 7.62. The average Bonchev–Trinajstić information content (AvgIpc) is 2.46. The molecular weight excluding hydrogens is 276 g/mol. The topological polar surface area (TPSA) is 55.2 Å². The minimum Gasteiger partial charge on any atom is -0.310 e. The normalized spacial score (nSPS) is 17.9. The zero-order valence-electron chi connectivity index (χ0n) is 11.8. The molecule has 1 aliphatic rings. The number of nitro benzene ring substituents is 1. The average molecular weight is 297 g/mol. The highest BCUT2D eigenvalue weighted by molar-refractivity contribution is 6.31. The molecule has 0 unspecified atom stereocenters. The summed E-state index contributed by atoms with van der Waals surface area (Å²) in [7, 11) is 0. The van der Waals surface area contributed by atoms with Gasteiger partial charge in [-0.1, -0.05) is 30.9 Å².